The van der Waals surface area contributed by atoms with Gasteiger partial charge in [-0.2, -0.15) is 11.3 Å². The number of pyridine rings is 1. The van der Waals surface area contributed by atoms with Crippen LogP contribution in [0, 0.1) is 0 Å². The zero-order valence-electron chi connectivity index (χ0n) is 10.4. The van der Waals surface area contributed by atoms with E-state index in [0.717, 1.165) is 6.42 Å². The largest absolute Gasteiger partial charge is 0.397 e. The molecular formula is C13H14ClN3OS. The van der Waals surface area contributed by atoms with E-state index in [-0.39, 0.29) is 17.1 Å². The van der Waals surface area contributed by atoms with Gasteiger partial charge < -0.3 is 11.1 Å². The highest BCUT2D eigenvalue weighted by atomic mass is 35.5. The van der Waals surface area contributed by atoms with Crippen LogP contribution in [0.15, 0.2) is 29.1 Å². The van der Waals surface area contributed by atoms with E-state index in [2.05, 4.69) is 15.7 Å². The number of nitrogen functional groups attached to an aromatic ring is 1. The van der Waals surface area contributed by atoms with E-state index in [1.807, 2.05) is 18.4 Å². The second-order valence-electron chi connectivity index (χ2n) is 4.32. The predicted molar refractivity (Wildman–Crippen MR) is 78.6 cm³/mol. The normalized spacial score (nSPS) is 12.1. The molecule has 19 heavy (non-hydrogen) atoms. The summed E-state index contributed by atoms with van der Waals surface area (Å²) in [6.07, 6.45) is 2.20. The lowest BCUT2D eigenvalue weighted by Crippen LogP contribution is -2.34. The maximum absolute atomic E-state index is 12.1. The van der Waals surface area contributed by atoms with Crippen molar-refractivity contribution in [2.24, 2.45) is 0 Å². The number of aromatic nitrogens is 1. The molecule has 1 unspecified atom stereocenters. The Morgan fingerprint density at radius 1 is 1.63 bits per heavy atom. The van der Waals surface area contributed by atoms with Gasteiger partial charge in [-0.25, -0.2) is 4.98 Å². The summed E-state index contributed by atoms with van der Waals surface area (Å²) in [6, 6.07) is 3.59. The van der Waals surface area contributed by atoms with Crippen molar-refractivity contribution in [2.75, 3.05) is 5.73 Å². The average molecular weight is 296 g/mol. The number of rotatable bonds is 4. The third kappa shape index (κ3) is 3.68. The summed E-state index contributed by atoms with van der Waals surface area (Å²) in [5.74, 6) is -0.257. The van der Waals surface area contributed by atoms with E-state index in [4.69, 9.17) is 17.3 Å². The monoisotopic (exact) mass is 295 g/mol. The third-order valence-electron chi connectivity index (χ3n) is 2.60. The molecule has 0 aromatic carbocycles. The number of nitrogens with two attached hydrogens (primary N) is 1. The molecule has 2 rings (SSSR count). The minimum Gasteiger partial charge on any atom is -0.397 e. The molecule has 2 aromatic rings. The van der Waals surface area contributed by atoms with Crippen LogP contribution >= 0.6 is 22.9 Å². The van der Waals surface area contributed by atoms with Crippen LogP contribution in [0.5, 0.6) is 0 Å². The lowest BCUT2D eigenvalue weighted by molar-refractivity contribution is 0.0940. The first kappa shape index (κ1) is 13.8. The Bertz CT molecular complexity index is 571. The lowest BCUT2D eigenvalue weighted by Gasteiger charge is -2.13. The van der Waals surface area contributed by atoms with Crippen molar-refractivity contribution in [3.8, 4) is 0 Å². The Hall–Kier alpha value is -1.59. The van der Waals surface area contributed by atoms with Crippen LogP contribution in [0.2, 0.25) is 5.15 Å². The molecule has 0 bridgehead atoms. The van der Waals surface area contributed by atoms with Crippen molar-refractivity contribution in [3.05, 3.63) is 45.4 Å². The van der Waals surface area contributed by atoms with E-state index < -0.39 is 0 Å². The van der Waals surface area contributed by atoms with Crippen LogP contribution in [0.4, 0.5) is 5.69 Å². The summed E-state index contributed by atoms with van der Waals surface area (Å²) >= 11 is 7.53. The van der Waals surface area contributed by atoms with Crippen molar-refractivity contribution >= 4 is 34.5 Å². The number of anilines is 1. The number of thiophene rings is 1. The van der Waals surface area contributed by atoms with Gasteiger partial charge in [0.1, 0.15) is 5.15 Å². The molecule has 0 fully saturated rings. The van der Waals surface area contributed by atoms with Crippen LogP contribution in [0.3, 0.4) is 0 Å². The standard InChI is InChI=1S/C13H14ClN3OS/c1-8(4-9-2-3-19-7-9)17-13(18)11-5-10(15)6-16-12(11)14/h2-3,5-8H,4,15H2,1H3,(H,17,18). The zero-order valence-corrected chi connectivity index (χ0v) is 12.0. The lowest BCUT2D eigenvalue weighted by atomic mass is 10.1. The maximum Gasteiger partial charge on any atom is 0.254 e. The Kier molecular flexibility index (Phi) is 4.39. The van der Waals surface area contributed by atoms with Gasteiger partial charge in [0, 0.05) is 6.04 Å². The molecule has 2 heterocycles. The number of hydrogen-bond acceptors (Lipinski definition) is 4. The zero-order chi connectivity index (χ0) is 13.8. The number of hydrogen-bond donors (Lipinski definition) is 2. The molecule has 0 aliphatic heterocycles. The molecule has 4 nitrogen and oxygen atoms in total. The molecule has 0 saturated heterocycles. The number of nitrogens with one attached hydrogen (secondary N) is 1. The van der Waals surface area contributed by atoms with E-state index in [1.54, 1.807) is 11.3 Å². The molecule has 6 heteroatoms. The number of amides is 1. The van der Waals surface area contributed by atoms with E-state index in [1.165, 1.54) is 17.8 Å². The molecule has 100 valence electrons. The molecule has 0 saturated carbocycles. The summed E-state index contributed by atoms with van der Waals surface area (Å²) in [6.45, 7) is 1.95. The van der Waals surface area contributed by atoms with Crippen LogP contribution < -0.4 is 11.1 Å². The molecule has 0 spiro atoms. The van der Waals surface area contributed by atoms with Gasteiger partial charge in [0.05, 0.1) is 17.4 Å². The van der Waals surface area contributed by atoms with Crippen LogP contribution in [-0.2, 0) is 6.42 Å². The summed E-state index contributed by atoms with van der Waals surface area (Å²) in [5, 5.41) is 7.13. The molecule has 2 aromatic heterocycles. The molecule has 1 atom stereocenters. The van der Waals surface area contributed by atoms with E-state index in [9.17, 15) is 4.79 Å². The molecule has 1 amide bonds. The molecule has 0 aliphatic carbocycles. The van der Waals surface area contributed by atoms with Crippen molar-refractivity contribution in [2.45, 2.75) is 19.4 Å². The second kappa shape index (κ2) is 6.04. The topological polar surface area (TPSA) is 68.0 Å². The van der Waals surface area contributed by atoms with Crippen molar-refractivity contribution < 1.29 is 4.79 Å². The van der Waals surface area contributed by atoms with Crippen molar-refractivity contribution in [3.63, 3.8) is 0 Å². The first-order chi connectivity index (χ1) is 9.06. The number of nitrogens with zero attached hydrogens (tertiary/aromatic N) is 1. The van der Waals surface area contributed by atoms with Crippen LogP contribution in [0.1, 0.15) is 22.8 Å². The fraction of sp³-hybridized carbons (Fsp3) is 0.231. The van der Waals surface area contributed by atoms with Gasteiger partial charge in [-0.1, -0.05) is 11.6 Å². The number of carbonyl (C=O) groups is 1. The van der Waals surface area contributed by atoms with Gasteiger partial charge in [-0.05, 0) is 41.8 Å². The van der Waals surface area contributed by atoms with E-state index >= 15 is 0 Å². The Balaban J connectivity index is 2.02. The van der Waals surface area contributed by atoms with Gasteiger partial charge in [-0.15, -0.1) is 0 Å². The fourth-order valence-electron chi connectivity index (χ4n) is 1.74. The Labute approximate surface area is 120 Å². The molecule has 0 radical (unpaired) electrons. The second-order valence-corrected chi connectivity index (χ2v) is 5.46. The SMILES string of the molecule is CC(Cc1ccsc1)NC(=O)c1cc(N)cnc1Cl. The maximum atomic E-state index is 12.1. The quantitative estimate of drug-likeness (QED) is 0.852. The van der Waals surface area contributed by atoms with Crippen molar-refractivity contribution in [1.82, 2.24) is 10.3 Å². The van der Waals surface area contributed by atoms with Crippen molar-refractivity contribution in [1.29, 1.82) is 0 Å². The highest BCUT2D eigenvalue weighted by Gasteiger charge is 2.14. The smallest absolute Gasteiger partial charge is 0.254 e. The van der Waals surface area contributed by atoms with Crippen LogP contribution in [0.25, 0.3) is 0 Å². The Morgan fingerprint density at radius 3 is 3.11 bits per heavy atom. The predicted octanol–water partition coefficient (Wildman–Crippen LogP) is 2.74. The molecular weight excluding hydrogens is 282 g/mol. The van der Waals surface area contributed by atoms with Gasteiger partial charge in [0.15, 0.2) is 0 Å². The van der Waals surface area contributed by atoms with Gasteiger partial charge in [0.2, 0.25) is 0 Å². The highest BCUT2D eigenvalue weighted by Crippen LogP contribution is 2.16. The third-order valence-corrected chi connectivity index (χ3v) is 3.64. The van der Waals surface area contributed by atoms with E-state index in [0.29, 0.717) is 11.3 Å². The summed E-state index contributed by atoms with van der Waals surface area (Å²) in [7, 11) is 0. The summed E-state index contributed by atoms with van der Waals surface area (Å²) in [4.78, 5) is 15.9. The Morgan fingerprint density at radius 2 is 2.42 bits per heavy atom. The molecule has 0 aliphatic rings. The fourth-order valence-corrected chi connectivity index (χ4v) is 2.61. The first-order valence-corrected chi connectivity index (χ1v) is 7.11. The average Bonchev–Trinajstić information content (AvgIpc) is 2.84. The number of halogens is 1. The summed E-state index contributed by atoms with van der Waals surface area (Å²) in [5.41, 5.74) is 7.53. The van der Waals surface area contributed by atoms with Crippen LogP contribution in [-0.4, -0.2) is 16.9 Å². The number of carbonyl (C=O) groups excluding carboxylic acids is 1. The highest BCUT2D eigenvalue weighted by molar-refractivity contribution is 7.07. The minimum absolute atomic E-state index is 0.0135. The molecule has 3 N–H and O–H groups in total. The van der Waals surface area contributed by atoms with Gasteiger partial charge in [0.25, 0.3) is 5.91 Å². The van der Waals surface area contributed by atoms with Gasteiger partial charge in [-0.3, -0.25) is 4.79 Å². The first-order valence-electron chi connectivity index (χ1n) is 5.79. The summed E-state index contributed by atoms with van der Waals surface area (Å²) < 4.78 is 0. The minimum atomic E-state index is -0.257. The van der Waals surface area contributed by atoms with Gasteiger partial charge >= 0.3 is 0 Å².